The molecule has 3 aliphatic heterocycles. The van der Waals surface area contributed by atoms with Crippen molar-refractivity contribution in [3.05, 3.63) is 22.2 Å². The lowest BCUT2D eigenvalue weighted by Gasteiger charge is -2.32. The number of fused-ring (bicyclic) bond motifs is 1. The Morgan fingerprint density at radius 2 is 2.03 bits per heavy atom. The second-order valence-electron chi connectivity index (χ2n) is 8.11. The molecule has 29 heavy (non-hydrogen) atoms. The number of ether oxygens (including phenoxy) is 4. The largest absolute Gasteiger partial charge is 0.492 e. The molecule has 7 nitrogen and oxygen atoms in total. The Morgan fingerprint density at radius 3 is 2.76 bits per heavy atom. The highest BCUT2D eigenvalue weighted by Crippen LogP contribution is 2.39. The van der Waals surface area contributed by atoms with Gasteiger partial charge in [0.2, 0.25) is 0 Å². The summed E-state index contributed by atoms with van der Waals surface area (Å²) in [6.45, 7) is 6.70. The number of carbonyl (C=O) groups is 1. The summed E-state index contributed by atoms with van der Waals surface area (Å²) in [7, 11) is 0. The lowest BCUT2D eigenvalue weighted by molar-refractivity contribution is -0.148. The van der Waals surface area contributed by atoms with Gasteiger partial charge in [0.25, 0.3) is 0 Å². The predicted molar refractivity (Wildman–Crippen MR) is 109 cm³/mol. The molecule has 2 saturated heterocycles. The third kappa shape index (κ3) is 4.63. The number of likely N-dealkylation sites (tertiary alicyclic amines) is 1. The lowest BCUT2D eigenvalue weighted by Crippen LogP contribution is -2.39. The van der Waals surface area contributed by atoms with Crippen LogP contribution in [-0.4, -0.2) is 62.2 Å². The van der Waals surface area contributed by atoms with Gasteiger partial charge in [-0.3, -0.25) is 0 Å². The van der Waals surface area contributed by atoms with Crippen LogP contribution in [0.15, 0.2) is 6.07 Å². The summed E-state index contributed by atoms with van der Waals surface area (Å²) in [6, 6.07) is 1.56. The standard InChI is InChI=1S/C21H29ClN2O5/c1-21(27-11-12-28-21)6-2-7-24-8-3-14(4-9-24)29-20(25)16-13-17(22)18(23)15-5-10-26-19(15)16/h13-14H,2-12,23H2,1H3. The van der Waals surface area contributed by atoms with Gasteiger partial charge in [-0.2, -0.15) is 0 Å². The van der Waals surface area contributed by atoms with Crippen molar-refractivity contribution < 1.29 is 23.7 Å². The van der Waals surface area contributed by atoms with E-state index in [0.29, 0.717) is 48.3 Å². The molecule has 0 atom stereocenters. The van der Waals surface area contributed by atoms with Gasteiger partial charge < -0.3 is 29.6 Å². The molecule has 3 heterocycles. The van der Waals surface area contributed by atoms with Crippen molar-refractivity contribution in [2.75, 3.05) is 45.2 Å². The van der Waals surface area contributed by atoms with E-state index in [2.05, 4.69) is 4.90 Å². The number of anilines is 1. The van der Waals surface area contributed by atoms with Gasteiger partial charge in [0.15, 0.2) is 5.79 Å². The molecule has 2 fully saturated rings. The molecule has 0 aromatic heterocycles. The van der Waals surface area contributed by atoms with Gasteiger partial charge in [-0.15, -0.1) is 0 Å². The SMILES string of the molecule is CC1(CCCN2CCC(OC(=O)c3cc(Cl)c(N)c4c3OCC4)CC2)OCCO1. The zero-order valence-corrected chi connectivity index (χ0v) is 17.6. The van der Waals surface area contributed by atoms with E-state index in [1.807, 2.05) is 6.92 Å². The minimum Gasteiger partial charge on any atom is -0.492 e. The molecule has 0 unspecified atom stereocenters. The summed E-state index contributed by atoms with van der Waals surface area (Å²) in [4.78, 5) is 15.1. The first-order chi connectivity index (χ1) is 14.0. The fraction of sp³-hybridized carbons (Fsp3) is 0.667. The molecule has 0 saturated carbocycles. The topological polar surface area (TPSA) is 83.3 Å². The zero-order valence-electron chi connectivity index (χ0n) is 16.9. The molecular formula is C21H29ClN2O5. The molecule has 0 bridgehead atoms. The number of carbonyl (C=O) groups excluding carboxylic acids is 1. The minimum absolute atomic E-state index is 0.0915. The van der Waals surface area contributed by atoms with E-state index in [0.717, 1.165) is 50.9 Å². The monoisotopic (exact) mass is 424 g/mol. The van der Waals surface area contributed by atoms with Gasteiger partial charge >= 0.3 is 5.97 Å². The van der Waals surface area contributed by atoms with Crippen molar-refractivity contribution in [3.8, 4) is 5.75 Å². The van der Waals surface area contributed by atoms with E-state index < -0.39 is 5.79 Å². The summed E-state index contributed by atoms with van der Waals surface area (Å²) in [5.74, 6) is -0.276. The molecule has 8 heteroatoms. The average Bonchev–Trinajstić information content (AvgIpc) is 3.36. The highest BCUT2D eigenvalue weighted by atomic mass is 35.5. The predicted octanol–water partition coefficient (Wildman–Crippen LogP) is 3.02. The van der Waals surface area contributed by atoms with Crippen LogP contribution in [0.4, 0.5) is 5.69 Å². The Labute approximate surface area is 176 Å². The van der Waals surface area contributed by atoms with Crippen LogP contribution in [0.25, 0.3) is 0 Å². The number of piperidine rings is 1. The molecule has 160 valence electrons. The van der Waals surface area contributed by atoms with Gasteiger partial charge in [0, 0.05) is 31.5 Å². The highest BCUT2D eigenvalue weighted by Gasteiger charge is 2.31. The number of hydrogen-bond donors (Lipinski definition) is 1. The number of halogens is 1. The van der Waals surface area contributed by atoms with Gasteiger partial charge in [-0.25, -0.2) is 4.79 Å². The normalized spacial score (nSPS) is 21.7. The summed E-state index contributed by atoms with van der Waals surface area (Å²) in [5, 5.41) is 0.375. The second-order valence-corrected chi connectivity index (χ2v) is 8.51. The van der Waals surface area contributed by atoms with Crippen LogP contribution in [0, 0.1) is 0 Å². The van der Waals surface area contributed by atoms with E-state index >= 15 is 0 Å². The van der Waals surface area contributed by atoms with Crippen molar-refractivity contribution in [1.82, 2.24) is 4.90 Å². The maximum absolute atomic E-state index is 12.7. The molecule has 4 rings (SSSR count). The summed E-state index contributed by atoms with van der Waals surface area (Å²) in [6.07, 6.45) is 4.13. The maximum atomic E-state index is 12.7. The van der Waals surface area contributed by atoms with Crippen molar-refractivity contribution in [2.24, 2.45) is 0 Å². The summed E-state index contributed by atoms with van der Waals surface area (Å²) in [5.41, 5.74) is 7.68. The van der Waals surface area contributed by atoms with E-state index in [1.165, 1.54) is 0 Å². The van der Waals surface area contributed by atoms with Crippen LogP contribution >= 0.6 is 11.6 Å². The first kappa shape index (κ1) is 20.7. The van der Waals surface area contributed by atoms with E-state index in [-0.39, 0.29) is 12.1 Å². The Hall–Kier alpha value is -1.54. The van der Waals surface area contributed by atoms with Crippen LogP contribution in [-0.2, 0) is 20.6 Å². The average molecular weight is 425 g/mol. The van der Waals surface area contributed by atoms with E-state index in [1.54, 1.807) is 6.07 Å². The molecule has 0 amide bonds. The van der Waals surface area contributed by atoms with Crippen LogP contribution in [0.2, 0.25) is 5.02 Å². The number of esters is 1. The van der Waals surface area contributed by atoms with E-state index in [4.69, 9.17) is 36.3 Å². The van der Waals surface area contributed by atoms with Gasteiger partial charge in [-0.05, 0) is 38.8 Å². The molecule has 2 N–H and O–H groups in total. The lowest BCUT2D eigenvalue weighted by atomic mass is 10.0. The van der Waals surface area contributed by atoms with Crippen LogP contribution in [0.1, 0.15) is 48.5 Å². The Bertz CT molecular complexity index is 758. The van der Waals surface area contributed by atoms with Crippen LogP contribution in [0.5, 0.6) is 5.75 Å². The smallest absolute Gasteiger partial charge is 0.342 e. The first-order valence-electron chi connectivity index (χ1n) is 10.4. The fourth-order valence-corrected chi connectivity index (χ4v) is 4.53. The molecule has 1 aromatic rings. The molecule has 0 radical (unpaired) electrons. The fourth-order valence-electron chi connectivity index (χ4n) is 4.31. The second kappa shape index (κ2) is 8.68. The Morgan fingerprint density at radius 1 is 1.31 bits per heavy atom. The molecule has 0 aliphatic carbocycles. The van der Waals surface area contributed by atoms with Crippen LogP contribution < -0.4 is 10.5 Å². The number of rotatable bonds is 6. The molecule has 1 aromatic carbocycles. The maximum Gasteiger partial charge on any atom is 0.342 e. The third-order valence-electron chi connectivity index (χ3n) is 6.00. The summed E-state index contributed by atoms with van der Waals surface area (Å²) >= 11 is 6.20. The molecular weight excluding hydrogens is 396 g/mol. The number of nitrogens with two attached hydrogens (primary N) is 1. The van der Waals surface area contributed by atoms with Crippen molar-refractivity contribution in [3.63, 3.8) is 0 Å². The zero-order chi connectivity index (χ0) is 20.4. The van der Waals surface area contributed by atoms with Crippen LogP contribution in [0.3, 0.4) is 0 Å². The number of benzene rings is 1. The number of nitrogen functional groups attached to an aromatic ring is 1. The van der Waals surface area contributed by atoms with Crippen molar-refractivity contribution in [1.29, 1.82) is 0 Å². The Kier molecular flexibility index (Phi) is 6.20. The van der Waals surface area contributed by atoms with E-state index in [9.17, 15) is 4.79 Å². The molecule has 3 aliphatic rings. The first-order valence-corrected chi connectivity index (χ1v) is 10.8. The summed E-state index contributed by atoms with van der Waals surface area (Å²) < 4.78 is 22.7. The minimum atomic E-state index is -0.420. The van der Waals surface area contributed by atoms with Gasteiger partial charge in [-0.1, -0.05) is 11.6 Å². The number of hydrogen-bond acceptors (Lipinski definition) is 7. The van der Waals surface area contributed by atoms with Gasteiger partial charge in [0.1, 0.15) is 17.4 Å². The Balaban J connectivity index is 1.25. The van der Waals surface area contributed by atoms with Crippen molar-refractivity contribution >= 4 is 23.3 Å². The highest BCUT2D eigenvalue weighted by molar-refractivity contribution is 6.33. The molecule has 0 spiro atoms. The quantitative estimate of drug-likeness (QED) is 0.555. The van der Waals surface area contributed by atoms with Gasteiger partial charge in [0.05, 0.1) is 30.5 Å². The third-order valence-corrected chi connectivity index (χ3v) is 6.31. The van der Waals surface area contributed by atoms with Crippen molar-refractivity contribution in [2.45, 2.75) is 50.9 Å². The number of nitrogens with zero attached hydrogens (tertiary/aromatic N) is 1.